The van der Waals surface area contributed by atoms with Crippen LogP contribution in [0.25, 0.3) is 0 Å². The first-order valence-corrected chi connectivity index (χ1v) is 7.83. The molecule has 2 atom stereocenters. The first kappa shape index (κ1) is 15.2. The Bertz CT molecular complexity index is 476. The van der Waals surface area contributed by atoms with Gasteiger partial charge in [-0.2, -0.15) is 0 Å². The highest BCUT2D eigenvalue weighted by molar-refractivity contribution is 6.33. The van der Waals surface area contributed by atoms with E-state index in [1.54, 1.807) is 12.1 Å². The van der Waals surface area contributed by atoms with E-state index < -0.39 is 5.91 Å². The standard InChI is InChI=1S/C16H23ClN2O/c1-2-11-4-3-5-12(7-6-11)19-13-8-9-15(17)14(10-13)16(18)20/h8-12,19H,2-7H2,1H3,(H2,18,20). The van der Waals surface area contributed by atoms with Crippen molar-refractivity contribution in [2.75, 3.05) is 5.32 Å². The number of nitrogens with one attached hydrogen (secondary N) is 1. The van der Waals surface area contributed by atoms with Gasteiger partial charge in [0.2, 0.25) is 5.91 Å². The number of hydrogen-bond donors (Lipinski definition) is 2. The lowest BCUT2D eigenvalue weighted by atomic mass is 9.98. The number of rotatable bonds is 4. The second kappa shape index (κ2) is 6.98. The van der Waals surface area contributed by atoms with E-state index in [4.69, 9.17) is 17.3 Å². The van der Waals surface area contributed by atoms with E-state index in [1.807, 2.05) is 6.07 Å². The van der Waals surface area contributed by atoms with Crippen LogP contribution in [0.1, 0.15) is 55.8 Å². The molecular weight excluding hydrogens is 272 g/mol. The molecule has 0 saturated heterocycles. The van der Waals surface area contributed by atoms with Crippen molar-refractivity contribution in [3.63, 3.8) is 0 Å². The maximum Gasteiger partial charge on any atom is 0.250 e. The topological polar surface area (TPSA) is 55.1 Å². The van der Waals surface area contributed by atoms with E-state index in [9.17, 15) is 4.79 Å². The average Bonchev–Trinajstić information content (AvgIpc) is 2.66. The fourth-order valence-corrected chi connectivity index (χ4v) is 3.18. The molecule has 20 heavy (non-hydrogen) atoms. The number of primary amides is 1. The van der Waals surface area contributed by atoms with Crippen molar-refractivity contribution >= 4 is 23.2 Å². The molecule has 110 valence electrons. The Balaban J connectivity index is 2.02. The second-order valence-corrected chi connectivity index (χ2v) is 6.09. The Morgan fingerprint density at radius 2 is 2.15 bits per heavy atom. The summed E-state index contributed by atoms with van der Waals surface area (Å²) in [5, 5.41) is 3.93. The van der Waals surface area contributed by atoms with Crippen LogP contribution in [0.5, 0.6) is 0 Å². The maximum absolute atomic E-state index is 11.3. The Kier molecular flexibility index (Phi) is 5.30. The zero-order valence-corrected chi connectivity index (χ0v) is 12.7. The van der Waals surface area contributed by atoms with Crippen molar-refractivity contribution in [3.05, 3.63) is 28.8 Å². The van der Waals surface area contributed by atoms with Crippen LogP contribution in [-0.2, 0) is 0 Å². The number of amides is 1. The molecule has 4 heteroatoms. The van der Waals surface area contributed by atoms with Crippen LogP contribution in [0, 0.1) is 5.92 Å². The van der Waals surface area contributed by atoms with Crippen molar-refractivity contribution in [2.45, 2.75) is 51.5 Å². The highest BCUT2D eigenvalue weighted by Crippen LogP contribution is 2.28. The summed E-state index contributed by atoms with van der Waals surface area (Å²) in [6.45, 7) is 2.27. The van der Waals surface area contributed by atoms with Crippen LogP contribution in [-0.4, -0.2) is 11.9 Å². The van der Waals surface area contributed by atoms with Gasteiger partial charge in [0, 0.05) is 11.7 Å². The lowest BCUT2D eigenvalue weighted by Crippen LogP contribution is -2.19. The summed E-state index contributed by atoms with van der Waals surface area (Å²) in [6, 6.07) is 5.88. The van der Waals surface area contributed by atoms with Crippen LogP contribution in [0.4, 0.5) is 5.69 Å². The number of benzene rings is 1. The number of halogens is 1. The molecule has 2 unspecified atom stereocenters. The first-order chi connectivity index (χ1) is 9.60. The third-order valence-electron chi connectivity index (χ3n) is 4.27. The average molecular weight is 295 g/mol. The molecule has 0 bridgehead atoms. The minimum atomic E-state index is -0.481. The van der Waals surface area contributed by atoms with E-state index in [1.165, 1.54) is 38.5 Å². The third kappa shape index (κ3) is 3.89. The van der Waals surface area contributed by atoms with Gasteiger partial charge in [0.15, 0.2) is 0 Å². The molecule has 0 heterocycles. The zero-order chi connectivity index (χ0) is 14.5. The van der Waals surface area contributed by atoms with Gasteiger partial charge in [0.05, 0.1) is 10.6 Å². The number of carbonyl (C=O) groups excluding carboxylic acids is 1. The van der Waals surface area contributed by atoms with Crippen LogP contribution >= 0.6 is 11.6 Å². The van der Waals surface area contributed by atoms with Crippen molar-refractivity contribution < 1.29 is 4.79 Å². The highest BCUT2D eigenvalue weighted by atomic mass is 35.5. The molecule has 1 aromatic carbocycles. The molecule has 3 N–H and O–H groups in total. The lowest BCUT2D eigenvalue weighted by molar-refractivity contribution is 0.100. The van der Waals surface area contributed by atoms with Gasteiger partial charge < -0.3 is 11.1 Å². The molecular formula is C16H23ClN2O. The number of nitrogens with two attached hydrogens (primary N) is 1. The lowest BCUT2D eigenvalue weighted by Gasteiger charge is -2.18. The molecule has 1 aliphatic rings. The summed E-state index contributed by atoms with van der Waals surface area (Å²) >= 11 is 5.97. The van der Waals surface area contributed by atoms with Gasteiger partial charge in [-0.3, -0.25) is 4.79 Å². The normalized spacial score (nSPS) is 23.1. The van der Waals surface area contributed by atoms with Gasteiger partial charge >= 0.3 is 0 Å². The summed E-state index contributed by atoms with van der Waals surface area (Å²) in [4.78, 5) is 11.3. The predicted octanol–water partition coefficient (Wildman–Crippen LogP) is 4.21. The van der Waals surface area contributed by atoms with Gasteiger partial charge in [-0.15, -0.1) is 0 Å². The Labute approximate surface area is 125 Å². The zero-order valence-electron chi connectivity index (χ0n) is 12.0. The summed E-state index contributed by atoms with van der Waals surface area (Å²) in [7, 11) is 0. The van der Waals surface area contributed by atoms with Crippen molar-refractivity contribution in [2.24, 2.45) is 11.7 Å². The molecule has 1 aromatic rings. The molecule has 3 nitrogen and oxygen atoms in total. The molecule has 0 radical (unpaired) electrons. The minimum absolute atomic E-state index is 0.386. The predicted molar refractivity (Wildman–Crippen MR) is 84.2 cm³/mol. The molecule has 0 aromatic heterocycles. The molecule has 2 rings (SSSR count). The largest absolute Gasteiger partial charge is 0.382 e. The molecule has 1 saturated carbocycles. The summed E-state index contributed by atoms with van der Waals surface area (Å²) in [6.07, 6.45) is 7.54. The highest BCUT2D eigenvalue weighted by Gasteiger charge is 2.18. The van der Waals surface area contributed by atoms with Crippen LogP contribution in [0.2, 0.25) is 5.02 Å². The number of carbonyl (C=O) groups is 1. The molecule has 0 spiro atoms. The van der Waals surface area contributed by atoms with Crippen LogP contribution < -0.4 is 11.1 Å². The summed E-state index contributed by atoms with van der Waals surface area (Å²) < 4.78 is 0. The van der Waals surface area contributed by atoms with Crippen LogP contribution in [0.15, 0.2) is 18.2 Å². The quantitative estimate of drug-likeness (QED) is 0.817. The van der Waals surface area contributed by atoms with E-state index in [0.29, 0.717) is 16.6 Å². The van der Waals surface area contributed by atoms with Gasteiger partial charge in [-0.25, -0.2) is 0 Å². The summed E-state index contributed by atoms with van der Waals surface area (Å²) in [5.41, 5.74) is 6.65. The van der Waals surface area contributed by atoms with Gasteiger partial charge in [-0.1, -0.05) is 37.8 Å². The van der Waals surface area contributed by atoms with E-state index >= 15 is 0 Å². The fourth-order valence-electron chi connectivity index (χ4n) is 2.97. The number of anilines is 1. The van der Waals surface area contributed by atoms with E-state index in [0.717, 1.165) is 11.6 Å². The second-order valence-electron chi connectivity index (χ2n) is 5.68. The van der Waals surface area contributed by atoms with Gasteiger partial charge in [0.25, 0.3) is 0 Å². The van der Waals surface area contributed by atoms with Gasteiger partial charge in [-0.05, 0) is 43.4 Å². The fraction of sp³-hybridized carbons (Fsp3) is 0.562. The first-order valence-electron chi connectivity index (χ1n) is 7.46. The minimum Gasteiger partial charge on any atom is -0.382 e. The Hall–Kier alpha value is -1.22. The number of hydrogen-bond acceptors (Lipinski definition) is 2. The van der Waals surface area contributed by atoms with Gasteiger partial charge in [0.1, 0.15) is 0 Å². The van der Waals surface area contributed by atoms with Crippen molar-refractivity contribution in [1.29, 1.82) is 0 Å². The smallest absolute Gasteiger partial charge is 0.250 e. The van der Waals surface area contributed by atoms with Crippen LogP contribution in [0.3, 0.4) is 0 Å². The Morgan fingerprint density at radius 3 is 2.85 bits per heavy atom. The molecule has 1 fully saturated rings. The maximum atomic E-state index is 11.3. The molecule has 1 amide bonds. The monoisotopic (exact) mass is 294 g/mol. The Morgan fingerprint density at radius 1 is 1.35 bits per heavy atom. The van der Waals surface area contributed by atoms with E-state index in [-0.39, 0.29) is 0 Å². The van der Waals surface area contributed by atoms with Crippen molar-refractivity contribution in [3.8, 4) is 0 Å². The summed E-state index contributed by atoms with van der Waals surface area (Å²) in [5.74, 6) is 0.388. The van der Waals surface area contributed by atoms with Crippen molar-refractivity contribution in [1.82, 2.24) is 0 Å². The van der Waals surface area contributed by atoms with E-state index in [2.05, 4.69) is 12.2 Å². The molecule has 0 aliphatic heterocycles. The SMILES string of the molecule is CCC1CCCC(Nc2ccc(Cl)c(C(N)=O)c2)CC1. The molecule has 1 aliphatic carbocycles. The third-order valence-corrected chi connectivity index (χ3v) is 4.60.